The van der Waals surface area contributed by atoms with Gasteiger partial charge in [-0.3, -0.25) is 0 Å². The zero-order valence-corrected chi connectivity index (χ0v) is 10.5. The normalized spacial score (nSPS) is 20.0. The van der Waals surface area contributed by atoms with Gasteiger partial charge in [0, 0.05) is 33.3 Å². The zero-order valence-electron chi connectivity index (χ0n) is 10.5. The third-order valence-electron chi connectivity index (χ3n) is 3.05. The van der Waals surface area contributed by atoms with Crippen LogP contribution in [0.2, 0.25) is 0 Å². The van der Waals surface area contributed by atoms with Crippen LogP contribution in [0.25, 0.3) is 0 Å². The van der Waals surface area contributed by atoms with E-state index in [9.17, 15) is 0 Å². The lowest BCUT2D eigenvalue weighted by Gasteiger charge is -2.28. The Bertz CT molecular complexity index is 352. The van der Waals surface area contributed by atoms with E-state index in [4.69, 9.17) is 4.74 Å². The van der Waals surface area contributed by atoms with Crippen molar-refractivity contribution in [3.05, 3.63) is 12.4 Å². The first-order valence-electron chi connectivity index (χ1n) is 6.12. The molecule has 5 heteroatoms. The molecule has 1 saturated heterocycles. The van der Waals surface area contributed by atoms with Gasteiger partial charge in [-0.25, -0.2) is 9.97 Å². The van der Waals surface area contributed by atoms with Crippen LogP contribution in [0, 0.1) is 0 Å². The van der Waals surface area contributed by atoms with Crippen molar-refractivity contribution in [2.75, 3.05) is 37.5 Å². The minimum Gasteiger partial charge on any atom is -0.376 e. The highest BCUT2D eigenvalue weighted by Crippen LogP contribution is 2.17. The number of rotatable bonds is 4. The fourth-order valence-electron chi connectivity index (χ4n) is 2.04. The molecule has 0 bridgehead atoms. The smallest absolute Gasteiger partial charge is 0.133 e. The zero-order chi connectivity index (χ0) is 12.1. The number of likely N-dealkylation sites (N-methyl/N-ethyl adjacent to an activating group) is 1. The van der Waals surface area contributed by atoms with E-state index < -0.39 is 0 Å². The molecule has 1 aliphatic rings. The molecular formula is C12H20N4O. The van der Waals surface area contributed by atoms with Crippen LogP contribution in [0.3, 0.4) is 0 Å². The average Bonchev–Trinajstić information content (AvgIpc) is 2.40. The quantitative estimate of drug-likeness (QED) is 0.859. The van der Waals surface area contributed by atoms with Gasteiger partial charge in [0.05, 0.1) is 6.10 Å². The van der Waals surface area contributed by atoms with E-state index in [-0.39, 0.29) is 0 Å². The Morgan fingerprint density at radius 2 is 2.35 bits per heavy atom. The molecule has 17 heavy (non-hydrogen) atoms. The monoisotopic (exact) mass is 236 g/mol. The summed E-state index contributed by atoms with van der Waals surface area (Å²) >= 11 is 0. The molecular weight excluding hydrogens is 216 g/mol. The van der Waals surface area contributed by atoms with E-state index in [1.54, 1.807) is 6.33 Å². The Labute approximate surface area is 102 Å². The van der Waals surface area contributed by atoms with E-state index >= 15 is 0 Å². The SMILES string of the molecule is CNc1cc(N(C)CC2CCCCO2)ncn1. The molecule has 1 atom stereocenters. The predicted molar refractivity (Wildman–Crippen MR) is 68.4 cm³/mol. The number of nitrogens with one attached hydrogen (secondary N) is 1. The minimum atomic E-state index is 0.335. The molecule has 0 amide bonds. The van der Waals surface area contributed by atoms with E-state index in [1.807, 2.05) is 20.2 Å². The molecule has 0 aliphatic carbocycles. The third-order valence-corrected chi connectivity index (χ3v) is 3.05. The van der Waals surface area contributed by atoms with Crippen LogP contribution in [0.1, 0.15) is 19.3 Å². The largest absolute Gasteiger partial charge is 0.376 e. The lowest BCUT2D eigenvalue weighted by molar-refractivity contribution is 0.0215. The van der Waals surface area contributed by atoms with Crippen LogP contribution in [0.15, 0.2) is 12.4 Å². The van der Waals surface area contributed by atoms with Crippen molar-refractivity contribution in [3.8, 4) is 0 Å². The van der Waals surface area contributed by atoms with E-state index in [2.05, 4.69) is 20.2 Å². The molecule has 1 unspecified atom stereocenters. The summed E-state index contributed by atoms with van der Waals surface area (Å²) in [4.78, 5) is 10.5. The molecule has 0 aromatic carbocycles. The van der Waals surface area contributed by atoms with Crippen LogP contribution in [0.5, 0.6) is 0 Å². The summed E-state index contributed by atoms with van der Waals surface area (Å²) in [5.74, 6) is 1.77. The van der Waals surface area contributed by atoms with Crippen molar-refractivity contribution in [3.63, 3.8) is 0 Å². The number of hydrogen-bond donors (Lipinski definition) is 1. The fraction of sp³-hybridized carbons (Fsp3) is 0.667. The van der Waals surface area contributed by atoms with Crippen molar-refractivity contribution in [1.29, 1.82) is 0 Å². The summed E-state index contributed by atoms with van der Waals surface area (Å²) in [6.45, 7) is 1.78. The van der Waals surface area contributed by atoms with Gasteiger partial charge in [-0.15, -0.1) is 0 Å². The van der Waals surface area contributed by atoms with Gasteiger partial charge in [-0.05, 0) is 19.3 Å². The van der Waals surface area contributed by atoms with Crippen LogP contribution < -0.4 is 10.2 Å². The Hall–Kier alpha value is -1.36. The van der Waals surface area contributed by atoms with Gasteiger partial charge in [0.15, 0.2) is 0 Å². The van der Waals surface area contributed by atoms with Crippen molar-refractivity contribution < 1.29 is 4.74 Å². The molecule has 0 spiro atoms. The van der Waals surface area contributed by atoms with Crippen LogP contribution >= 0.6 is 0 Å². The fourth-order valence-corrected chi connectivity index (χ4v) is 2.04. The Morgan fingerprint density at radius 3 is 3.06 bits per heavy atom. The van der Waals surface area contributed by atoms with Gasteiger partial charge in [-0.2, -0.15) is 0 Å². The molecule has 94 valence electrons. The standard InChI is InChI=1S/C12H20N4O/c1-13-11-7-12(15-9-14-11)16(2)8-10-5-3-4-6-17-10/h7,9-10H,3-6,8H2,1-2H3,(H,13,14,15). The summed E-state index contributed by atoms with van der Waals surface area (Å²) in [5, 5.41) is 3.02. The molecule has 1 fully saturated rings. The van der Waals surface area contributed by atoms with Gasteiger partial charge < -0.3 is 15.0 Å². The summed E-state index contributed by atoms with van der Waals surface area (Å²) in [6, 6.07) is 1.95. The minimum absolute atomic E-state index is 0.335. The second-order valence-electron chi connectivity index (χ2n) is 4.38. The molecule has 1 aromatic heterocycles. The topological polar surface area (TPSA) is 50.3 Å². The Balaban J connectivity index is 1.95. The summed E-state index contributed by atoms with van der Waals surface area (Å²) in [6.07, 6.45) is 5.52. The lowest BCUT2D eigenvalue weighted by atomic mass is 10.1. The summed E-state index contributed by atoms with van der Waals surface area (Å²) < 4.78 is 5.73. The van der Waals surface area contributed by atoms with Crippen molar-refractivity contribution in [2.24, 2.45) is 0 Å². The number of nitrogens with zero attached hydrogens (tertiary/aromatic N) is 3. The summed E-state index contributed by atoms with van der Waals surface area (Å²) in [7, 11) is 3.90. The van der Waals surface area contributed by atoms with E-state index in [1.165, 1.54) is 12.8 Å². The second kappa shape index (κ2) is 5.82. The average molecular weight is 236 g/mol. The number of aromatic nitrogens is 2. The van der Waals surface area contributed by atoms with Gasteiger partial charge in [0.2, 0.25) is 0 Å². The van der Waals surface area contributed by atoms with Crippen LogP contribution in [-0.4, -0.2) is 43.3 Å². The highest BCUT2D eigenvalue weighted by Gasteiger charge is 2.16. The highest BCUT2D eigenvalue weighted by molar-refractivity contribution is 5.47. The van der Waals surface area contributed by atoms with Gasteiger partial charge in [0.25, 0.3) is 0 Å². The van der Waals surface area contributed by atoms with Gasteiger partial charge >= 0.3 is 0 Å². The van der Waals surface area contributed by atoms with Crippen LogP contribution in [-0.2, 0) is 4.74 Å². The number of hydrogen-bond acceptors (Lipinski definition) is 5. The molecule has 1 aliphatic heterocycles. The van der Waals surface area contributed by atoms with Crippen LogP contribution in [0.4, 0.5) is 11.6 Å². The maximum absolute atomic E-state index is 5.73. The first kappa shape index (κ1) is 12.1. The van der Waals surface area contributed by atoms with Crippen molar-refractivity contribution in [1.82, 2.24) is 9.97 Å². The molecule has 1 aromatic rings. The second-order valence-corrected chi connectivity index (χ2v) is 4.38. The maximum atomic E-state index is 5.73. The molecule has 1 N–H and O–H groups in total. The first-order chi connectivity index (χ1) is 8.29. The molecule has 0 saturated carbocycles. The van der Waals surface area contributed by atoms with Gasteiger partial charge in [-0.1, -0.05) is 0 Å². The first-order valence-corrected chi connectivity index (χ1v) is 6.12. The van der Waals surface area contributed by atoms with Crippen molar-refractivity contribution >= 4 is 11.6 Å². The molecule has 0 radical (unpaired) electrons. The number of anilines is 2. The van der Waals surface area contributed by atoms with Crippen molar-refractivity contribution in [2.45, 2.75) is 25.4 Å². The van der Waals surface area contributed by atoms with E-state index in [0.717, 1.165) is 31.2 Å². The Kier molecular flexibility index (Phi) is 4.14. The van der Waals surface area contributed by atoms with E-state index in [0.29, 0.717) is 6.10 Å². The highest BCUT2D eigenvalue weighted by atomic mass is 16.5. The summed E-state index contributed by atoms with van der Waals surface area (Å²) in [5.41, 5.74) is 0. The lowest BCUT2D eigenvalue weighted by Crippen LogP contribution is -2.33. The number of ether oxygens (including phenoxy) is 1. The third kappa shape index (κ3) is 3.30. The molecule has 2 heterocycles. The van der Waals surface area contributed by atoms with Gasteiger partial charge in [0.1, 0.15) is 18.0 Å². The molecule has 5 nitrogen and oxygen atoms in total. The molecule has 2 rings (SSSR count). The predicted octanol–water partition coefficient (Wildman–Crippen LogP) is 1.52. The Morgan fingerprint density at radius 1 is 1.47 bits per heavy atom. The maximum Gasteiger partial charge on any atom is 0.133 e.